The van der Waals surface area contributed by atoms with Gasteiger partial charge in [0.15, 0.2) is 0 Å². The molecule has 7 nitrogen and oxygen atoms in total. The molecule has 23 heavy (non-hydrogen) atoms. The second-order valence-electron chi connectivity index (χ2n) is 5.62. The Kier molecular flexibility index (Phi) is 4.01. The van der Waals surface area contributed by atoms with Crippen LogP contribution in [0.4, 0.5) is 5.69 Å². The molecule has 120 valence electrons. The number of hydrazone groups is 1. The molecular weight excluding hydrogens is 296 g/mol. The third-order valence-corrected chi connectivity index (χ3v) is 4.03. The van der Waals surface area contributed by atoms with Crippen molar-refractivity contribution in [3.05, 3.63) is 42.1 Å². The van der Waals surface area contributed by atoms with Crippen LogP contribution < -0.4 is 10.7 Å². The summed E-state index contributed by atoms with van der Waals surface area (Å²) in [7, 11) is 0. The molecule has 2 heterocycles. The van der Waals surface area contributed by atoms with Gasteiger partial charge in [0.1, 0.15) is 11.9 Å². The maximum absolute atomic E-state index is 12.2. The van der Waals surface area contributed by atoms with Crippen LogP contribution in [0.25, 0.3) is 0 Å². The summed E-state index contributed by atoms with van der Waals surface area (Å²) >= 11 is 0. The number of carboxylic acids is 1. The van der Waals surface area contributed by atoms with E-state index in [9.17, 15) is 9.59 Å². The van der Waals surface area contributed by atoms with Crippen LogP contribution in [0, 0.1) is 0 Å². The molecule has 0 bridgehead atoms. The molecule has 0 radical (unpaired) electrons. The molecule has 0 saturated carbocycles. The molecule has 3 N–H and O–H groups in total. The SMILES string of the molecule is CC1CCC(=NNc2ccccc2)C2NC(C(=O)O)=CC(=O)N12. The zero-order valence-electron chi connectivity index (χ0n) is 12.7. The highest BCUT2D eigenvalue weighted by molar-refractivity contribution is 6.04. The molecule has 1 aromatic carbocycles. The van der Waals surface area contributed by atoms with Crippen LogP contribution >= 0.6 is 0 Å². The molecule has 0 spiro atoms. The fraction of sp³-hybridized carbons (Fsp3) is 0.312. The minimum atomic E-state index is -1.15. The highest BCUT2D eigenvalue weighted by Gasteiger charge is 2.39. The first-order valence-electron chi connectivity index (χ1n) is 7.47. The zero-order valence-corrected chi connectivity index (χ0v) is 12.7. The van der Waals surface area contributed by atoms with E-state index in [2.05, 4.69) is 15.8 Å². The molecule has 3 rings (SSSR count). The molecule has 1 saturated heterocycles. The average molecular weight is 314 g/mol. The lowest BCUT2D eigenvalue weighted by Crippen LogP contribution is -2.62. The van der Waals surface area contributed by atoms with Gasteiger partial charge in [-0.1, -0.05) is 18.2 Å². The van der Waals surface area contributed by atoms with E-state index in [1.165, 1.54) is 0 Å². The smallest absolute Gasteiger partial charge is 0.352 e. The van der Waals surface area contributed by atoms with Crippen molar-refractivity contribution in [3.63, 3.8) is 0 Å². The number of rotatable bonds is 3. The molecule has 2 aliphatic rings. The summed E-state index contributed by atoms with van der Waals surface area (Å²) in [5.41, 5.74) is 4.41. The van der Waals surface area contributed by atoms with Gasteiger partial charge in [-0.2, -0.15) is 5.10 Å². The summed E-state index contributed by atoms with van der Waals surface area (Å²) in [5.74, 6) is -1.45. The highest BCUT2D eigenvalue weighted by Crippen LogP contribution is 2.24. The van der Waals surface area contributed by atoms with Crippen LogP contribution in [0.15, 0.2) is 47.2 Å². The van der Waals surface area contributed by atoms with Crippen molar-refractivity contribution in [1.29, 1.82) is 0 Å². The third kappa shape index (κ3) is 3.03. The predicted molar refractivity (Wildman–Crippen MR) is 85.7 cm³/mol. The standard InChI is InChI=1S/C16H18N4O3/c1-10-7-8-12(19-18-11-5-3-2-4-6-11)15-17-13(16(22)23)9-14(21)20(10)15/h2-6,9-10,15,17-18H,7-8H2,1H3,(H,22,23). The van der Waals surface area contributed by atoms with Gasteiger partial charge in [0.25, 0.3) is 5.91 Å². The number of amides is 1. The van der Waals surface area contributed by atoms with Gasteiger partial charge in [-0.3, -0.25) is 10.2 Å². The molecule has 1 fully saturated rings. The van der Waals surface area contributed by atoms with Gasteiger partial charge in [0.2, 0.25) is 0 Å². The maximum Gasteiger partial charge on any atom is 0.352 e. The Hall–Kier alpha value is -2.83. The van der Waals surface area contributed by atoms with E-state index >= 15 is 0 Å². The number of aliphatic carboxylic acids is 1. The molecule has 2 unspecified atom stereocenters. The number of para-hydroxylation sites is 1. The average Bonchev–Trinajstić information content (AvgIpc) is 2.54. The number of benzene rings is 1. The van der Waals surface area contributed by atoms with E-state index in [1.54, 1.807) is 4.90 Å². The number of carbonyl (C=O) groups is 2. The number of carbonyl (C=O) groups excluding carboxylic acids is 1. The van der Waals surface area contributed by atoms with Crippen LogP contribution in [-0.4, -0.2) is 39.8 Å². The summed E-state index contributed by atoms with van der Waals surface area (Å²) in [5, 5.41) is 16.4. The van der Waals surface area contributed by atoms with Crippen molar-refractivity contribution in [2.75, 3.05) is 5.43 Å². The van der Waals surface area contributed by atoms with Crippen LogP contribution in [0.1, 0.15) is 19.8 Å². The Balaban J connectivity index is 1.86. The first kappa shape index (κ1) is 15.1. The lowest BCUT2D eigenvalue weighted by molar-refractivity contribution is -0.137. The molecule has 0 aliphatic carbocycles. The van der Waals surface area contributed by atoms with E-state index in [0.717, 1.165) is 18.2 Å². The van der Waals surface area contributed by atoms with Crippen molar-refractivity contribution in [2.45, 2.75) is 32.0 Å². The van der Waals surface area contributed by atoms with Gasteiger partial charge in [-0.15, -0.1) is 0 Å². The van der Waals surface area contributed by atoms with Gasteiger partial charge < -0.3 is 15.3 Å². The normalized spacial score (nSPS) is 25.4. The van der Waals surface area contributed by atoms with E-state index in [4.69, 9.17) is 5.11 Å². The van der Waals surface area contributed by atoms with E-state index in [-0.39, 0.29) is 17.6 Å². The molecular formula is C16H18N4O3. The third-order valence-electron chi connectivity index (χ3n) is 4.03. The van der Waals surface area contributed by atoms with Gasteiger partial charge >= 0.3 is 5.97 Å². The molecule has 1 aromatic rings. The second kappa shape index (κ2) is 6.12. The van der Waals surface area contributed by atoms with Crippen molar-refractivity contribution in [1.82, 2.24) is 10.2 Å². The summed E-state index contributed by atoms with van der Waals surface area (Å²) in [4.78, 5) is 25.1. The second-order valence-corrected chi connectivity index (χ2v) is 5.62. The van der Waals surface area contributed by atoms with Crippen LogP contribution in [-0.2, 0) is 9.59 Å². The quantitative estimate of drug-likeness (QED) is 0.733. The minimum Gasteiger partial charge on any atom is -0.477 e. The summed E-state index contributed by atoms with van der Waals surface area (Å²) in [6.45, 7) is 1.95. The van der Waals surface area contributed by atoms with Crippen molar-refractivity contribution in [2.24, 2.45) is 5.10 Å². The highest BCUT2D eigenvalue weighted by atomic mass is 16.4. The number of fused-ring (bicyclic) bond motifs is 1. The summed E-state index contributed by atoms with van der Waals surface area (Å²) in [6, 6.07) is 9.50. The Labute approximate surface area is 133 Å². The van der Waals surface area contributed by atoms with Gasteiger partial charge in [0, 0.05) is 12.1 Å². The lowest BCUT2D eigenvalue weighted by atomic mass is 9.97. The summed E-state index contributed by atoms with van der Waals surface area (Å²) in [6.07, 6.45) is 2.08. The number of nitrogens with zero attached hydrogens (tertiary/aromatic N) is 2. The monoisotopic (exact) mass is 314 g/mol. The van der Waals surface area contributed by atoms with Gasteiger partial charge in [0.05, 0.1) is 11.4 Å². The van der Waals surface area contributed by atoms with Crippen molar-refractivity contribution >= 4 is 23.3 Å². The van der Waals surface area contributed by atoms with Gasteiger partial charge in [-0.25, -0.2) is 4.79 Å². The van der Waals surface area contributed by atoms with Crippen molar-refractivity contribution < 1.29 is 14.7 Å². The largest absolute Gasteiger partial charge is 0.477 e. The van der Waals surface area contributed by atoms with E-state index in [1.807, 2.05) is 37.3 Å². The molecule has 7 heteroatoms. The number of carboxylic acid groups (broad SMARTS) is 1. The van der Waals surface area contributed by atoms with E-state index < -0.39 is 12.1 Å². The Morgan fingerprint density at radius 1 is 1.39 bits per heavy atom. The van der Waals surface area contributed by atoms with Crippen LogP contribution in [0.2, 0.25) is 0 Å². The Morgan fingerprint density at radius 2 is 2.13 bits per heavy atom. The fourth-order valence-electron chi connectivity index (χ4n) is 2.82. The number of piperidine rings is 1. The van der Waals surface area contributed by atoms with E-state index in [0.29, 0.717) is 12.1 Å². The topological polar surface area (TPSA) is 94.0 Å². The van der Waals surface area contributed by atoms with Gasteiger partial charge in [-0.05, 0) is 31.9 Å². The molecule has 0 aromatic heterocycles. The Morgan fingerprint density at radius 3 is 2.83 bits per heavy atom. The fourth-order valence-corrected chi connectivity index (χ4v) is 2.82. The van der Waals surface area contributed by atoms with Crippen molar-refractivity contribution in [3.8, 4) is 0 Å². The summed E-state index contributed by atoms with van der Waals surface area (Å²) < 4.78 is 0. The number of anilines is 1. The number of hydrogen-bond acceptors (Lipinski definition) is 5. The molecule has 2 aliphatic heterocycles. The first-order valence-corrected chi connectivity index (χ1v) is 7.47. The molecule has 1 amide bonds. The zero-order chi connectivity index (χ0) is 16.4. The predicted octanol–water partition coefficient (Wildman–Crippen LogP) is 1.36. The number of nitrogens with one attached hydrogen (secondary N) is 2. The maximum atomic E-state index is 12.2. The lowest BCUT2D eigenvalue weighted by Gasteiger charge is -2.43. The van der Waals surface area contributed by atoms with Crippen LogP contribution in [0.3, 0.4) is 0 Å². The first-order chi connectivity index (χ1) is 11.1. The van der Waals surface area contributed by atoms with Crippen LogP contribution in [0.5, 0.6) is 0 Å². The molecule has 2 atom stereocenters. The Bertz CT molecular complexity index is 684. The number of hydrogen-bond donors (Lipinski definition) is 3. The minimum absolute atomic E-state index is 0.0299.